The highest BCUT2D eigenvalue weighted by Crippen LogP contribution is 2.22. The zero-order valence-electron chi connectivity index (χ0n) is 18.5. The lowest BCUT2D eigenvalue weighted by atomic mass is 10.0. The monoisotopic (exact) mass is 414 g/mol. The molecule has 0 aromatic rings. The van der Waals surface area contributed by atoms with Gasteiger partial charge in [-0.15, -0.1) is 0 Å². The highest BCUT2D eigenvalue weighted by molar-refractivity contribution is 5.70. The number of nitrogens with zero attached hydrogens (tertiary/aromatic N) is 1. The highest BCUT2D eigenvalue weighted by Gasteiger charge is 2.38. The molecule has 0 heterocycles. The quantitative estimate of drug-likeness (QED) is 0.189. The lowest BCUT2D eigenvalue weighted by Crippen LogP contribution is -2.57. The number of carboxylic acid groups (broad SMARTS) is 3. The van der Waals surface area contributed by atoms with Crippen LogP contribution in [-0.4, -0.2) is 63.9 Å². The number of hydrogen-bond acceptors (Lipinski definition) is 3. The average Bonchev–Trinajstić information content (AvgIpc) is 2.63. The van der Waals surface area contributed by atoms with Gasteiger partial charge in [-0.1, -0.05) is 25.5 Å². The fraction of sp³-hybridized carbons (Fsp3) is 0.773. The Bertz CT molecular complexity index is 490. The Hall–Kier alpha value is -1.89. The second kappa shape index (κ2) is 14.1. The molecule has 0 saturated heterocycles. The van der Waals surface area contributed by atoms with E-state index in [0.717, 1.165) is 38.5 Å². The molecular weight excluding hydrogens is 374 g/mol. The molecule has 0 radical (unpaired) electrons. The summed E-state index contributed by atoms with van der Waals surface area (Å²) < 4.78 is 0.208. The number of rotatable bonds is 17. The number of unbranched alkanes of at least 4 members (excludes halogenated alkanes) is 4. The lowest BCUT2D eigenvalue weighted by Gasteiger charge is -2.42. The van der Waals surface area contributed by atoms with Crippen LogP contribution in [-0.2, 0) is 14.4 Å². The van der Waals surface area contributed by atoms with Gasteiger partial charge in [0.15, 0.2) is 0 Å². The van der Waals surface area contributed by atoms with E-state index >= 15 is 0 Å². The fourth-order valence-electron chi connectivity index (χ4n) is 3.76. The summed E-state index contributed by atoms with van der Waals surface area (Å²) in [7, 11) is 0. The van der Waals surface area contributed by atoms with Crippen LogP contribution < -0.4 is 0 Å². The van der Waals surface area contributed by atoms with E-state index in [1.165, 1.54) is 0 Å². The summed E-state index contributed by atoms with van der Waals surface area (Å²) in [6, 6.07) is 0. The van der Waals surface area contributed by atoms with Crippen LogP contribution in [0.5, 0.6) is 0 Å². The van der Waals surface area contributed by atoms with Gasteiger partial charge in [0.05, 0.1) is 26.2 Å². The molecule has 168 valence electrons. The Labute approximate surface area is 175 Å². The molecule has 0 rings (SSSR count). The number of hydrogen-bond donors (Lipinski definition) is 3. The molecule has 3 unspecified atom stereocenters. The van der Waals surface area contributed by atoms with Crippen molar-refractivity contribution in [2.75, 3.05) is 26.2 Å². The summed E-state index contributed by atoms with van der Waals surface area (Å²) >= 11 is 0. The molecule has 0 aromatic heterocycles. The van der Waals surface area contributed by atoms with Gasteiger partial charge in [-0.3, -0.25) is 14.4 Å². The summed E-state index contributed by atoms with van der Waals surface area (Å²) in [6.07, 6.45) is 10.3. The third-order valence-corrected chi connectivity index (χ3v) is 5.37. The van der Waals surface area contributed by atoms with Gasteiger partial charge in [-0.2, -0.15) is 0 Å². The number of carbonyl (C=O) groups is 3. The molecule has 0 amide bonds. The van der Waals surface area contributed by atoms with Gasteiger partial charge in [0.25, 0.3) is 0 Å². The van der Waals surface area contributed by atoms with Crippen LogP contribution in [0.1, 0.15) is 66.2 Å². The van der Waals surface area contributed by atoms with Crippen molar-refractivity contribution in [2.24, 2.45) is 17.8 Å². The van der Waals surface area contributed by atoms with Gasteiger partial charge in [0.1, 0.15) is 17.8 Å². The number of quaternary nitrogens is 1. The van der Waals surface area contributed by atoms with Crippen LogP contribution in [0.25, 0.3) is 0 Å². The summed E-state index contributed by atoms with van der Waals surface area (Å²) in [4.78, 5) is 34.4. The lowest BCUT2D eigenvalue weighted by molar-refractivity contribution is -0.934. The van der Waals surface area contributed by atoms with Crippen LogP contribution in [0.2, 0.25) is 0 Å². The van der Waals surface area contributed by atoms with Gasteiger partial charge in [0, 0.05) is 0 Å². The SMILES string of the molecule is CCC/C=C/CCCCC[N+](CC(C)C(=O)O)(CC(C)C(=O)O)CC(C)C(=O)O. The van der Waals surface area contributed by atoms with Crippen molar-refractivity contribution in [2.45, 2.75) is 66.2 Å². The second-order valence-corrected chi connectivity index (χ2v) is 8.44. The molecule has 3 N–H and O–H groups in total. The maximum absolute atomic E-state index is 11.5. The Balaban J connectivity index is 5.27. The zero-order valence-corrected chi connectivity index (χ0v) is 18.5. The number of allylic oxidation sites excluding steroid dienone is 2. The van der Waals surface area contributed by atoms with E-state index in [1.54, 1.807) is 20.8 Å². The molecule has 0 aliphatic heterocycles. The highest BCUT2D eigenvalue weighted by atomic mass is 16.4. The Morgan fingerprint density at radius 2 is 1.14 bits per heavy atom. The molecule has 0 aliphatic rings. The van der Waals surface area contributed by atoms with E-state index in [4.69, 9.17) is 0 Å². The predicted molar refractivity (Wildman–Crippen MR) is 113 cm³/mol. The first-order valence-electron chi connectivity index (χ1n) is 10.7. The molecule has 7 nitrogen and oxygen atoms in total. The summed E-state index contributed by atoms with van der Waals surface area (Å²) in [5, 5.41) is 28.2. The maximum Gasteiger partial charge on any atom is 0.311 e. The topological polar surface area (TPSA) is 112 Å². The number of aliphatic carboxylic acids is 3. The molecule has 0 saturated carbocycles. The molecule has 7 heteroatoms. The van der Waals surface area contributed by atoms with Crippen LogP contribution in [0, 0.1) is 17.8 Å². The van der Waals surface area contributed by atoms with Crippen molar-refractivity contribution >= 4 is 17.9 Å². The van der Waals surface area contributed by atoms with Crippen molar-refractivity contribution in [1.82, 2.24) is 0 Å². The minimum Gasteiger partial charge on any atom is -0.481 e. The second-order valence-electron chi connectivity index (χ2n) is 8.44. The van der Waals surface area contributed by atoms with Gasteiger partial charge >= 0.3 is 17.9 Å². The molecule has 0 aliphatic carbocycles. The van der Waals surface area contributed by atoms with Crippen molar-refractivity contribution in [3.63, 3.8) is 0 Å². The Kier molecular flexibility index (Phi) is 13.2. The van der Waals surface area contributed by atoms with Crippen molar-refractivity contribution in [3.05, 3.63) is 12.2 Å². The van der Waals surface area contributed by atoms with E-state index in [9.17, 15) is 29.7 Å². The largest absolute Gasteiger partial charge is 0.481 e. The van der Waals surface area contributed by atoms with E-state index in [-0.39, 0.29) is 24.1 Å². The van der Waals surface area contributed by atoms with Crippen LogP contribution in [0.15, 0.2) is 12.2 Å². The Morgan fingerprint density at radius 1 is 0.724 bits per heavy atom. The average molecular weight is 415 g/mol. The van der Waals surface area contributed by atoms with Crippen LogP contribution in [0.3, 0.4) is 0 Å². The minimum atomic E-state index is -0.945. The first-order valence-corrected chi connectivity index (χ1v) is 10.7. The van der Waals surface area contributed by atoms with E-state index in [2.05, 4.69) is 19.1 Å². The molecule has 29 heavy (non-hydrogen) atoms. The first-order chi connectivity index (χ1) is 13.5. The number of carboxylic acids is 3. The third kappa shape index (κ3) is 11.6. The van der Waals surface area contributed by atoms with Gasteiger partial charge in [0.2, 0.25) is 0 Å². The summed E-state index contributed by atoms with van der Waals surface area (Å²) in [5.41, 5.74) is 0. The normalized spacial score (nSPS) is 16.8. The molecule has 0 spiro atoms. The summed E-state index contributed by atoms with van der Waals surface area (Å²) in [5.74, 6) is -4.85. The van der Waals surface area contributed by atoms with Crippen molar-refractivity contribution in [3.8, 4) is 0 Å². The standard InChI is InChI=1S/C22H39NO6/c1-5-6-7-8-9-10-11-12-13-23(14-17(2)20(24)25,15-18(3)21(26)27)16-19(4)22(28)29/h7-8,17-19H,5-6,9-16H2,1-4H3,(H2-,24,25,26,27,28,29)/p+1/b8-7+. The molecule has 3 atom stereocenters. The smallest absolute Gasteiger partial charge is 0.311 e. The predicted octanol–water partition coefficient (Wildman–Crippen LogP) is 3.88. The minimum absolute atomic E-state index is 0.208. The van der Waals surface area contributed by atoms with Crippen molar-refractivity contribution in [1.29, 1.82) is 0 Å². The van der Waals surface area contributed by atoms with E-state index < -0.39 is 35.7 Å². The van der Waals surface area contributed by atoms with Gasteiger partial charge in [-0.25, -0.2) is 0 Å². The van der Waals surface area contributed by atoms with Crippen LogP contribution in [0.4, 0.5) is 0 Å². The zero-order chi connectivity index (χ0) is 22.4. The first kappa shape index (κ1) is 27.1. The Morgan fingerprint density at radius 3 is 1.52 bits per heavy atom. The fourth-order valence-corrected chi connectivity index (χ4v) is 3.76. The van der Waals surface area contributed by atoms with Crippen molar-refractivity contribution < 1.29 is 34.2 Å². The summed E-state index contributed by atoms with van der Waals surface area (Å²) in [6.45, 7) is 8.24. The van der Waals surface area contributed by atoms with Crippen LogP contribution >= 0.6 is 0 Å². The van der Waals surface area contributed by atoms with Gasteiger partial charge in [-0.05, 0) is 52.9 Å². The molecular formula is C22H40NO6+. The van der Waals surface area contributed by atoms with Gasteiger partial charge < -0.3 is 19.8 Å². The third-order valence-electron chi connectivity index (χ3n) is 5.37. The molecule has 0 bridgehead atoms. The van der Waals surface area contributed by atoms with E-state index in [0.29, 0.717) is 6.54 Å². The van der Waals surface area contributed by atoms with E-state index in [1.807, 2.05) is 0 Å². The maximum atomic E-state index is 11.5. The molecule has 0 fully saturated rings. The molecule has 0 aromatic carbocycles.